The minimum Gasteiger partial charge on any atom is -0.117 e. The van der Waals surface area contributed by atoms with E-state index in [1.54, 1.807) is 0 Å². The van der Waals surface area contributed by atoms with Gasteiger partial charge in [-0.2, -0.15) is 0 Å². The Kier molecular flexibility index (Phi) is 3.34. The van der Waals surface area contributed by atoms with Gasteiger partial charge in [-0.15, -0.1) is 11.6 Å². The molecule has 0 spiro atoms. The highest BCUT2D eigenvalue weighted by atomic mass is 79.9. The molecule has 92 valence electrons. The highest BCUT2D eigenvalue weighted by molar-refractivity contribution is 9.11. The Balaban J connectivity index is 1.87. The number of hydrogen-bond donors (Lipinski definition) is 0. The SMILES string of the molecule is Cc1cc(Br)c(C(Cl)C2C3CCCC32)cc1Br. The molecule has 0 aromatic heterocycles. The molecule has 1 aromatic rings. The zero-order valence-corrected chi connectivity index (χ0v) is 13.6. The van der Waals surface area contributed by atoms with Crippen molar-refractivity contribution in [1.82, 2.24) is 0 Å². The average molecular weight is 379 g/mol. The van der Waals surface area contributed by atoms with E-state index >= 15 is 0 Å². The van der Waals surface area contributed by atoms with E-state index in [0.29, 0.717) is 0 Å². The van der Waals surface area contributed by atoms with Crippen LogP contribution in [-0.2, 0) is 0 Å². The van der Waals surface area contributed by atoms with Crippen LogP contribution >= 0.6 is 43.5 Å². The van der Waals surface area contributed by atoms with Crippen LogP contribution in [0.5, 0.6) is 0 Å². The largest absolute Gasteiger partial charge is 0.117 e. The van der Waals surface area contributed by atoms with Crippen molar-refractivity contribution in [2.45, 2.75) is 31.6 Å². The van der Waals surface area contributed by atoms with Crippen molar-refractivity contribution in [3.05, 3.63) is 32.2 Å². The number of alkyl halides is 1. The second kappa shape index (κ2) is 4.54. The number of benzene rings is 1. The van der Waals surface area contributed by atoms with Crippen molar-refractivity contribution in [3.63, 3.8) is 0 Å². The molecular weight excluding hydrogens is 363 g/mol. The lowest BCUT2D eigenvalue weighted by Crippen LogP contribution is -2.00. The molecule has 2 saturated carbocycles. The van der Waals surface area contributed by atoms with E-state index in [1.807, 2.05) is 0 Å². The Hall–Kier alpha value is 0.470. The molecule has 0 bridgehead atoms. The fraction of sp³-hybridized carbons (Fsp3) is 0.571. The number of aryl methyl sites for hydroxylation is 1. The maximum atomic E-state index is 6.68. The summed E-state index contributed by atoms with van der Waals surface area (Å²) >= 11 is 13.9. The monoisotopic (exact) mass is 376 g/mol. The summed E-state index contributed by atoms with van der Waals surface area (Å²) in [5.74, 6) is 2.53. The second-order valence-electron chi connectivity index (χ2n) is 5.36. The first-order chi connectivity index (χ1) is 8.09. The fourth-order valence-corrected chi connectivity index (χ4v) is 5.14. The lowest BCUT2D eigenvalue weighted by Gasteiger charge is -2.15. The topological polar surface area (TPSA) is 0 Å². The van der Waals surface area contributed by atoms with Crippen molar-refractivity contribution in [1.29, 1.82) is 0 Å². The van der Waals surface area contributed by atoms with E-state index in [4.69, 9.17) is 11.6 Å². The Labute approximate surface area is 124 Å². The molecule has 0 amide bonds. The quantitative estimate of drug-likeness (QED) is 0.567. The molecule has 0 nitrogen and oxygen atoms in total. The van der Waals surface area contributed by atoms with Gasteiger partial charge in [-0.25, -0.2) is 0 Å². The van der Waals surface area contributed by atoms with Gasteiger partial charge < -0.3 is 0 Å². The number of fused-ring (bicyclic) bond motifs is 1. The van der Waals surface area contributed by atoms with Crippen LogP contribution in [0.4, 0.5) is 0 Å². The maximum absolute atomic E-state index is 6.68. The highest BCUT2D eigenvalue weighted by Crippen LogP contribution is 2.64. The third-order valence-corrected chi connectivity index (χ3v) is 6.45. The summed E-state index contributed by atoms with van der Waals surface area (Å²) in [6, 6.07) is 4.35. The summed E-state index contributed by atoms with van der Waals surface area (Å²) in [5.41, 5.74) is 2.50. The smallest absolute Gasteiger partial charge is 0.0630 e. The van der Waals surface area contributed by atoms with Gasteiger partial charge >= 0.3 is 0 Å². The molecule has 1 aromatic carbocycles. The predicted octanol–water partition coefficient (Wildman–Crippen LogP) is 5.85. The van der Waals surface area contributed by atoms with Crippen LogP contribution in [-0.4, -0.2) is 0 Å². The van der Waals surface area contributed by atoms with Gasteiger partial charge in [0.05, 0.1) is 5.38 Å². The second-order valence-corrected chi connectivity index (χ2v) is 7.54. The van der Waals surface area contributed by atoms with Crippen LogP contribution in [0, 0.1) is 24.7 Å². The van der Waals surface area contributed by atoms with Crippen molar-refractivity contribution < 1.29 is 0 Å². The van der Waals surface area contributed by atoms with Gasteiger partial charge in [-0.1, -0.05) is 38.3 Å². The predicted molar refractivity (Wildman–Crippen MR) is 79.5 cm³/mol. The summed E-state index contributed by atoms with van der Waals surface area (Å²) in [4.78, 5) is 0. The molecule has 0 aliphatic heterocycles. The Bertz CT molecular complexity index is 448. The van der Waals surface area contributed by atoms with Crippen LogP contribution in [0.15, 0.2) is 21.1 Å². The minimum atomic E-state index is 0.177. The number of halogens is 3. The molecule has 2 fully saturated rings. The summed E-state index contributed by atoms with van der Waals surface area (Å²) in [6.07, 6.45) is 4.20. The first-order valence-corrected chi connectivity index (χ1v) is 8.21. The Morgan fingerprint density at radius 1 is 1.18 bits per heavy atom. The van der Waals surface area contributed by atoms with Crippen molar-refractivity contribution in [2.75, 3.05) is 0 Å². The van der Waals surface area contributed by atoms with E-state index < -0.39 is 0 Å². The van der Waals surface area contributed by atoms with Crippen LogP contribution < -0.4 is 0 Å². The third kappa shape index (κ3) is 2.11. The van der Waals surface area contributed by atoms with Gasteiger partial charge in [0, 0.05) is 8.95 Å². The van der Waals surface area contributed by atoms with E-state index in [2.05, 4.69) is 50.9 Å². The molecule has 3 heteroatoms. The fourth-order valence-electron chi connectivity index (χ4n) is 3.39. The lowest BCUT2D eigenvalue weighted by atomic mass is 10.0. The summed E-state index contributed by atoms with van der Waals surface area (Å²) < 4.78 is 2.32. The zero-order chi connectivity index (χ0) is 12.2. The molecule has 3 atom stereocenters. The van der Waals surface area contributed by atoms with Crippen LogP contribution in [0.25, 0.3) is 0 Å². The standard InChI is InChI=1S/C14H15Br2Cl/c1-7-5-12(16)10(6-11(7)15)14(17)13-8-3-2-4-9(8)13/h5-6,8-9,13-14H,2-4H2,1H3. The first-order valence-electron chi connectivity index (χ1n) is 6.19. The van der Waals surface area contributed by atoms with Crippen molar-refractivity contribution >= 4 is 43.5 Å². The Morgan fingerprint density at radius 2 is 1.82 bits per heavy atom. The van der Waals surface area contributed by atoms with Crippen LogP contribution in [0.3, 0.4) is 0 Å². The molecule has 2 aliphatic rings. The van der Waals surface area contributed by atoms with Gasteiger partial charge in [0.25, 0.3) is 0 Å². The molecule has 0 saturated heterocycles. The lowest BCUT2D eigenvalue weighted by molar-refractivity contribution is 0.572. The maximum Gasteiger partial charge on any atom is 0.0630 e. The van der Waals surface area contributed by atoms with Crippen molar-refractivity contribution in [3.8, 4) is 0 Å². The van der Waals surface area contributed by atoms with E-state index in [0.717, 1.165) is 26.7 Å². The minimum absolute atomic E-state index is 0.177. The molecule has 0 radical (unpaired) electrons. The average Bonchev–Trinajstić information content (AvgIpc) is 2.76. The molecule has 3 unspecified atom stereocenters. The van der Waals surface area contributed by atoms with Crippen LogP contribution in [0.1, 0.15) is 35.8 Å². The molecular formula is C14H15Br2Cl. The molecule has 17 heavy (non-hydrogen) atoms. The summed E-state index contributed by atoms with van der Waals surface area (Å²) in [7, 11) is 0. The summed E-state index contributed by atoms with van der Waals surface area (Å²) in [5, 5.41) is 0.177. The molecule has 3 rings (SSSR count). The van der Waals surface area contributed by atoms with Crippen molar-refractivity contribution in [2.24, 2.45) is 17.8 Å². The van der Waals surface area contributed by atoms with Gasteiger partial charge in [0.2, 0.25) is 0 Å². The Morgan fingerprint density at radius 3 is 2.47 bits per heavy atom. The van der Waals surface area contributed by atoms with Crippen LogP contribution in [0.2, 0.25) is 0 Å². The highest BCUT2D eigenvalue weighted by Gasteiger charge is 2.55. The van der Waals surface area contributed by atoms with Gasteiger partial charge in [-0.05, 0) is 60.8 Å². The molecule has 2 aliphatic carbocycles. The molecule has 0 N–H and O–H groups in total. The van der Waals surface area contributed by atoms with Gasteiger partial charge in [0.1, 0.15) is 0 Å². The van der Waals surface area contributed by atoms with E-state index in [9.17, 15) is 0 Å². The van der Waals surface area contributed by atoms with Gasteiger partial charge in [0.15, 0.2) is 0 Å². The third-order valence-electron chi connectivity index (χ3n) is 4.39. The molecule has 0 heterocycles. The number of hydrogen-bond acceptors (Lipinski definition) is 0. The zero-order valence-electron chi connectivity index (χ0n) is 9.72. The van der Waals surface area contributed by atoms with E-state index in [-0.39, 0.29) is 5.38 Å². The van der Waals surface area contributed by atoms with Gasteiger partial charge in [-0.3, -0.25) is 0 Å². The van der Waals surface area contributed by atoms with E-state index in [1.165, 1.54) is 30.4 Å². The first kappa shape index (κ1) is 12.5. The number of rotatable bonds is 2. The normalized spacial score (nSPS) is 32.4. The summed E-state index contributed by atoms with van der Waals surface area (Å²) in [6.45, 7) is 2.10.